The maximum absolute atomic E-state index is 12.9. The van der Waals surface area contributed by atoms with Crippen LogP contribution in [-0.2, 0) is 16.0 Å². The zero-order valence-electron chi connectivity index (χ0n) is 20.9. The Labute approximate surface area is 213 Å². The van der Waals surface area contributed by atoms with Crippen molar-refractivity contribution in [1.29, 1.82) is 0 Å². The van der Waals surface area contributed by atoms with Gasteiger partial charge < -0.3 is 34.7 Å². The van der Waals surface area contributed by atoms with Gasteiger partial charge in [-0.05, 0) is 48.7 Å². The number of aromatic nitrogens is 1. The fourth-order valence-electron chi connectivity index (χ4n) is 3.93. The predicted octanol–water partition coefficient (Wildman–Crippen LogP) is 2.86. The minimum Gasteiger partial charge on any atom is -0.506 e. The molecule has 0 bridgehead atoms. The van der Waals surface area contributed by atoms with Crippen LogP contribution in [-0.4, -0.2) is 54.4 Å². The number of nitrogens with one attached hydrogen (secondary N) is 2. The van der Waals surface area contributed by atoms with E-state index in [1.54, 1.807) is 20.1 Å². The van der Waals surface area contributed by atoms with Crippen molar-refractivity contribution in [2.45, 2.75) is 25.7 Å². The number of benzene rings is 2. The van der Waals surface area contributed by atoms with Gasteiger partial charge in [-0.2, -0.15) is 0 Å². The first kappa shape index (κ1) is 27.1. The number of amides is 1. The molecule has 0 saturated carbocycles. The summed E-state index contributed by atoms with van der Waals surface area (Å²) in [4.78, 5) is 40.5. The number of esters is 1. The third-order valence-corrected chi connectivity index (χ3v) is 5.84. The molecule has 4 N–H and O–H groups in total. The molecule has 3 aromatic rings. The van der Waals surface area contributed by atoms with Gasteiger partial charge in [-0.3, -0.25) is 9.59 Å². The Bertz CT molecular complexity index is 1300. The molecule has 10 heteroatoms. The number of pyridine rings is 1. The van der Waals surface area contributed by atoms with Crippen molar-refractivity contribution in [1.82, 2.24) is 10.3 Å². The maximum atomic E-state index is 12.9. The van der Waals surface area contributed by atoms with E-state index in [1.165, 1.54) is 19.2 Å². The van der Waals surface area contributed by atoms with Gasteiger partial charge in [-0.1, -0.05) is 18.2 Å². The van der Waals surface area contributed by atoms with Crippen LogP contribution in [0.4, 0.5) is 0 Å². The van der Waals surface area contributed by atoms with Crippen LogP contribution in [0.3, 0.4) is 0 Å². The number of rotatable bonds is 11. The van der Waals surface area contributed by atoms with E-state index in [1.807, 2.05) is 24.3 Å². The molecule has 3 rings (SSSR count). The molecular formula is C27H30N2O8. The first-order valence-corrected chi connectivity index (χ1v) is 11.7. The number of hydrogen-bond donors (Lipinski definition) is 4. The fraction of sp³-hybridized carbons (Fsp3) is 0.296. The Morgan fingerprint density at radius 2 is 1.78 bits per heavy atom. The Morgan fingerprint density at radius 1 is 1.05 bits per heavy atom. The van der Waals surface area contributed by atoms with Crippen LogP contribution in [0.25, 0.3) is 0 Å². The monoisotopic (exact) mass is 510 g/mol. The largest absolute Gasteiger partial charge is 0.506 e. The van der Waals surface area contributed by atoms with Crippen LogP contribution in [0.15, 0.2) is 53.5 Å². The third kappa shape index (κ3) is 6.60. The number of carbonyl (C=O) groups excluding carboxylic acids is 2. The highest BCUT2D eigenvalue weighted by atomic mass is 16.5. The van der Waals surface area contributed by atoms with Crippen molar-refractivity contribution in [3.8, 4) is 23.0 Å². The molecule has 1 aromatic heterocycles. The maximum Gasteiger partial charge on any atom is 0.343 e. The minimum absolute atomic E-state index is 0.0686. The van der Waals surface area contributed by atoms with Gasteiger partial charge in [0.15, 0.2) is 11.5 Å². The van der Waals surface area contributed by atoms with Gasteiger partial charge in [0, 0.05) is 25.1 Å². The highest BCUT2D eigenvalue weighted by Crippen LogP contribution is 2.37. The molecule has 0 aliphatic rings. The SMILES string of the molecule is CCOC(=O)c1c[nH]c(=O)c([C@H](CC(=O)NCCc2ccc(OC)cc2)c2ccc(OC)c(O)c2)c1O. The number of ether oxygens (including phenoxy) is 3. The fourth-order valence-corrected chi connectivity index (χ4v) is 3.93. The van der Waals surface area contributed by atoms with E-state index in [9.17, 15) is 24.6 Å². The van der Waals surface area contributed by atoms with Gasteiger partial charge >= 0.3 is 5.97 Å². The molecule has 1 heterocycles. The Kier molecular flexibility index (Phi) is 9.15. The lowest BCUT2D eigenvalue weighted by Gasteiger charge is -2.20. The summed E-state index contributed by atoms with van der Waals surface area (Å²) in [6.45, 7) is 2.01. The van der Waals surface area contributed by atoms with Crippen molar-refractivity contribution in [3.05, 3.63) is 81.3 Å². The minimum atomic E-state index is -0.990. The standard InChI is InChI=1S/C27H30N2O8/c1-4-37-27(34)20-15-29-26(33)24(25(20)32)19(17-7-10-22(36-3)21(30)13-17)14-23(31)28-12-11-16-5-8-18(35-2)9-6-16/h5-10,13,15,19,30H,4,11-12,14H2,1-3H3,(H,28,31)(H2,29,32,33)/t19-/m1/s1. The lowest BCUT2D eigenvalue weighted by molar-refractivity contribution is -0.121. The number of aromatic amines is 1. The summed E-state index contributed by atoms with van der Waals surface area (Å²) in [6, 6.07) is 11.9. The lowest BCUT2D eigenvalue weighted by Crippen LogP contribution is -2.29. The van der Waals surface area contributed by atoms with Gasteiger partial charge in [0.05, 0.1) is 26.4 Å². The van der Waals surface area contributed by atoms with Crippen molar-refractivity contribution in [3.63, 3.8) is 0 Å². The highest BCUT2D eigenvalue weighted by Gasteiger charge is 2.28. The smallest absolute Gasteiger partial charge is 0.343 e. The van der Waals surface area contributed by atoms with E-state index in [-0.39, 0.29) is 35.7 Å². The van der Waals surface area contributed by atoms with Crippen LogP contribution < -0.4 is 20.3 Å². The number of phenolic OH excluding ortho intramolecular Hbond substituents is 1. The van der Waals surface area contributed by atoms with E-state index in [4.69, 9.17) is 14.2 Å². The normalized spacial score (nSPS) is 11.4. The van der Waals surface area contributed by atoms with E-state index < -0.39 is 29.1 Å². The topological polar surface area (TPSA) is 147 Å². The number of hydrogen-bond acceptors (Lipinski definition) is 8. The zero-order valence-corrected chi connectivity index (χ0v) is 20.9. The predicted molar refractivity (Wildman–Crippen MR) is 136 cm³/mol. The Hall–Kier alpha value is -4.47. The molecule has 1 atom stereocenters. The summed E-state index contributed by atoms with van der Waals surface area (Å²) in [7, 11) is 2.97. The molecule has 0 radical (unpaired) electrons. The van der Waals surface area contributed by atoms with Gasteiger partial charge in [-0.15, -0.1) is 0 Å². The number of methoxy groups -OCH3 is 2. The summed E-state index contributed by atoms with van der Waals surface area (Å²) in [5, 5.41) is 24.0. The van der Waals surface area contributed by atoms with E-state index in [0.29, 0.717) is 18.5 Å². The number of phenols is 1. The molecule has 2 aromatic carbocycles. The summed E-state index contributed by atoms with van der Waals surface area (Å²) in [5.74, 6) is -2.07. The Morgan fingerprint density at radius 3 is 2.41 bits per heavy atom. The van der Waals surface area contributed by atoms with Crippen molar-refractivity contribution >= 4 is 11.9 Å². The molecule has 0 aliphatic carbocycles. The van der Waals surface area contributed by atoms with Gasteiger partial charge in [0.2, 0.25) is 5.91 Å². The van der Waals surface area contributed by atoms with Gasteiger partial charge in [0.25, 0.3) is 5.56 Å². The Balaban J connectivity index is 1.89. The van der Waals surface area contributed by atoms with E-state index in [0.717, 1.165) is 17.5 Å². The van der Waals surface area contributed by atoms with Gasteiger partial charge in [0.1, 0.15) is 17.1 Å². The van der Waals surface area contributed by atoms with Crippen molar-refractivity contribution in [2.75, 3.05) is 27.4 Å². The van der Waals surface area contributed by atoms with E-state index in [2.05, 4.69) is 10.3 Å². The number of aromatic hydroxyl groups is 2. The van der Waals surface area contributed by atoms with Crippen LogP contribution in [0, 0.1) is 0 Å². The quantitative estimate of drug-likeness (QED) is 0.288. The third-order valence-electron chi connectivity index (χ3n) is 5.84. The average molecular weight is 511 g/mol. The molecule has 0 unspecified atom stereocenters. The number of H-pyrrole nitrogens is 1. The molecule has 0 spiro atoms. The second-order valence-electron chi connectivity index (χ2n) is 8.15. The van der Waals surface area contributed by atoms with Crippen LogP contribution >= 0.6 is 0 Å². The molecular weight excluding hydrogens is 480 g/mol. The number of carbonyl (C=O) groups is 2. The molecule has 196 valence electrons. The van der Waals surface area contributed by atoms with Crippen LogP contribution in [0.1, 0.15) is 46.3 Å². The second-order valence-corrected chi connectivity index (χ2v) is 8.15. The highest BCUT2D eigenvalue weighted by molar-refractivity contribution is 5.92. The second kappa shape index (κ2) is 12.5. The molecule has 37 heavy (non-hydrogen) atoms. The first-order valence-electron chi connectivity index (χ1n) is 11.7. The van der Waals surface area contributed by atoms with Crippen molar-refractivity contribution in [2.24, 2.45) is 0 Å². The summed E-state index contributed by atoms with van der Waals surface area (Å²) < 4.78 is 15.2. The molecule has 0 saturated heterocycles. The first-order chi connectivity index (χ1) is 17.8. The van der Waals surface area contributed by atoms with E-state index >= 15 is 0 Å². The van der Waals surface area contributed by atoms with Crippen LogP contribution in [0.2, 0.25) is 0 Å². The van der Waals surface area contributed by atoms with Crippen LogP contribution in [0.5, 0.6) is 23.0 Å². The lowest BCUT2D eigenvalue weighted by atomic mass is 9.87. The summed E-state index contributed by atoms with van der Waals surface area (Å²) >= 11 is 0. The molecule has 0 fully saturated rings. The van der Waals surface area contributed by atoms with Gasteiger partial charge in [-0.25, -0.2) is 4.79 Å². The summed E-state index contributed by atoms with van der Waals surface area (Å²) in [6.07, 6.45) is 1.39. The molecule has 0 aliphatic heterocycles. The molecule has 10 nitrogen and oxygen atoms in total. The average Bonchev–Trinajstić information content (AvgIpc) is 2.88. The zero-order chi connectivity index (χ0) is 26.9. The molecule has 1 amide bonds. The summed E-state index contributed by atoms with van der Waals surface area (Å²) in [5.41, 5.74) is 0.246. The van der Waals surface area contributed by atoms with Crippen molar-refractivity contribution < 1.29 is 34.0 Å².